The van der Waals surface area contributed by atoms with E-state index in [1.54, 1.807) is 46.5 Å². The monoisotopic (exact) mass is 342 g/mol. The van der Waals surface area contributed by atoms with E-state index in [1.807, 2.05) is 6.92 Å². The molecule has 0 aliphatic rings. The zero-order chi connectivity index (χ0) is 17.3. The number of thiazole rings is 1. The molecule has 0 saturated heterocycles. The van der Waals surface area contributed by atoms with Gasteiger partial charge >= 0.3 is 5.97 Å². The summed E-state index contributed by atoms with van der Waals surface area (Å²) < 4.78 is 1.77. The first-order valence-electron chi connectivity index (χ1n) is 7.69. The standard InChI is InChI=1S/C17H18N4O2S/c1-4-15(16-18-10(2)11(3)24-16)21-9-14(19-20-21)12-7-5-6-8-13(12)17(22)23/h5-9,15H,4H2,1-3H3,(H,22,23). The second-order valence-corrected chi connectivity index (χ2v) is 6.79. The quantitative estimate of drug-likeness (QED) is 0.764. The summed E-state index contributed by atoms with van der Waals surface area (Å²) in [5.74, 6) is -0.974. The highest BCUT2D eigenvalue weighted by Crippen LogP contribution is 2.29. The molecule has 6 nitrogen and oxygen atoms in total. The molecule has 0 bridgehead atoms. The highest BCUT2D eigenvalue weighted by atomic mass is 32.1. The van der Waals surface area contributed by atoms with E-state index in [2.05, 4.69) is 29.1 Å². The van der Waals surface area contributed by atoms with Gasteiger partial charge in [-0.15, -0.1) is 16.4 Å². The van der Waals surface area contributed by atoms with Gasteiger partial charge in [-0.1, -0.05) is 30.3 Å². The van der Waals surface area contributed by atoms with Crippen molar-refractivity contribution in [1.29, 1.82) is 0 Å². The highest BCUT2D eigenvalue weighted by molar-refractivity contribution is 7.11. The third-order valence-corrected chi connectivity index (χ3v) is 5.15. The number of nitrogens with zero attached hydrogens (tertiary/aromatic N) is 4. The Morgan fingerprint density at radius 3 is 2.71 bits per heavy atom. The van der Waals surface area contributed by atoms with Gasteiger partial charge in [0.1, 0.15) is 16.7 Å². The van der Waals surface area contributed by atoms with E-state index in [0.29, 0.717) is 11.3 Å². The Hall–Kier alpha value is -2.54. The molecular formula is C17H18N4O2S. The van der Waals surface area contributed by atoms with Gasteiger partial charge in [-0.3, -0.25) is 0 Å². The lowest BCUT2D eigenvalue weighted by atomic mass is 10.1. The lowest BCUT2D eigenvalue weighted by Gasteiger charge is -2.11. The van der Waals surface area contributed by atoms with Crippen LogP contribution in [0.2, 0.25) is 0 Å². The fraction of sp³-hybridized carbons (Fsp3) is 0.294. The molecule has 1 atom stereocenters. The molecule has 0 saturated carbocycles. The first-order chi connectivity index (χ1) is 11.5. The summed E-state index contributed by atoms with van der Waals surface area (Å²) >= 11 is 1.66. The van der Waals surface area contributed by atoms with Gasteiger partial charge in [-0.05, 0) is 26.3 Å². The summed E-state index contributed by atoms with van der Waals surface area (Å²) in [6, 6.07) is 6.82. The van der Waals surface area contributed by atoms with Gasteiger partial charge in [-0.25, -0.2) is 14.5 Å². The zero-order valence-electron chi connectivity index (χ0n) is 13.7. The number of benzene rings is 1. The van der Waals surface area contributed by atoms with Crippen LogP contribution in [0.3, 0.4) is 0 Å². The van der Waals surface area contributed by atoms with Crippen molar-refractivity contribution in [3.05, 3.63) is 51.6 Å². The Kier molecular flexibility index (Phi) is 4.44. The minimum absolute atomic E-state index is 0.000593. The number of carbonyl (C=O) groups is 1. The van der Waals surface area contributed by atoms with Crippen LogP contribution >= 0.6 is 11.3 Å². The van der Waals surface area contributed by atoms with Gasteiger partial charge in [0.25, 0.3) is 0 Å². The molecule has 1 unspecified atom stereocenters. The smallest absolute Gasteiger partial charge is 0.336 e. The van der Waals surface area contributed by atoms with Crippen molar-refractivity contribution in [2.24, 2.45) is 0 Å². The van der Waals surface area contributed by atoms with Crippen LogP contribution in [0.15, 0.2) is 30.5 Å². The third-order valence-electron chi connectivity index (χ3n) is 3.98. The molecule has 0 fully saturated rings. The van der Waals surface area contributed by atoms with Crippen LogP contribution in [0.25, 0.3) is 11.3 Å². The number of aryl methyl sites for hydroxylation is 2. The predicted octanol–water partition coefficient (Wildman–Crippen LogP) is 3.72. The molecule has 124 valence electrons. The van der Waals surface area contributed by atoms with Crippen LogP contribution in [0.4, 0.5) is 0 Å². The van der Waals surface area contributed by atoms with Crippen molar-refractivity contribution in [3.63, 3.8) is 0 Å². The minimum atomic E-state index is -0.974. The number of carboxylic acid groups (broad SMARTS) is 1. The van der Waals surface area contributed by atoms with E-state index in [-0.39, 0.29) is 11.6 Å². The van der Waals surface area contributed by atoms with Crippen LogP contribution in [-0.2, 0) is 0 Å². The van der Waals surface area contributed by atoms with Crippen LogP contribution in [0.1, 0.15) is 45.3 Å². The zero-order valence-corrected chi connectivity index (χ0v) is 14.5. The van der Waals surface area contributed by atoms with E-state index in [9.17, 15) is 9.90 Å². The van der Waals surface area contributed by atoms with Crippen molar-refractivity contribution < 1.29 is 9.90 Å². The van der Waals surface area contributed by atoms with Gasteiger partial charge in [0.15, 0.2) is 0 Å². The van der Waals surface area contributed by atoms with Gasteiger partial charge in [0, 0.05) is 10.4 Å². The summed E-state index contributed by atoms with van der Waals surface area (Å²) in [6.45, 7) is 6.13. The Morgan fingerprint density at radius 2 is 2.08 bits per heavy atom. The van der Waals surface area contributed by atoms with E-state index >= 15 is 0 Å². The summed E-state index contributed by atoms with van der Waals surface area (Å²) in [5, 5.41) is 18.7. The topological polar surface area (TPSA) is 80.9 Å². The molecule has 2 aromatic heterocycles. The molecule has 2 heterocycles. The minimum Gasteiger partial charge on any atom is -0.478 e. The van der Waals surface area contributed by atoms with Crippen molar-refractivity contribution >= 4 is 17.3 Å². The molecule has 0 aliphatic carbocycles. The lowest BCUT2D eigenvalue weighted by Crippen LogP contribution is -2.10. The van der Waals surface area contributed by atoms with Gasteiger partial charge in [0.05, 0.1) is 17.5 Å². The van der Waals surface area contributed by atoms with E-state index in [0.717, 1.165) is 17.1 Å². The van der Waals surface area contributed by atoms with E-state index in [1.165, 1.54) is 4.88 Å². The molecule has 0 aliphatic heterocycles. The van der Waals surface area contributed by atoms with Gasteiger partial charge in [-0.2, -0.15) is 0 Å². The third kappa shape index (κ3) is 2.94. The van der Waals surface area contributed by atoms with E-state index in [4.69, 9.17) is 0 Å². The number of carboxylic acids is 1. The molecule has 24 heavy (non-hydrogen) atoms. The average molecular weight is 342 g/mol. The second-order valence-electron chi connectivity index (χ2n) is 5.55. The SMILES string of the molecule is CCC(c1nc(C)c(C)s1)n1cc(-c2ccccc2C(=O)O)nn1. The average Bonchev–Trinajstić information content (AvgIpc) is 3.16. The normalized spacial score (nSPS) is 12.3. The summed E-state index contributed by atoms with van der Waals surface area (Å²) in [7, 11) is 0. The Labute approximate surface area is 143 Å². The molecule has 3 rings (SSSR count). The summed E-state index contributed by atoms with van der Waals surface area (Å²) in [4.78, 5) is 17.2. The predicted molar refractivity (Wildman–Crippen MR) is 92.4 cm³/mol. The molecule has 7 heteroatoms. The highest BCUT2D eigenvalue weighted by Gasteiger charge is 2.20. The van der Waals surface area contributed by atoms with Crippen LogP contribution in [0.5, 0.6) is 0 Å². The maximum absolute atomic E-state index is 11.4. The maximum atomic E-state index is 11.4. The van der Waals surface area contributed by atoms with Crippen molar-refractivity contribution in [2.75, 3.05) is 0 Å². The van der Waals surface area contributed by atoms with Crippen LogP contribution in [-0.4, -0.2) is 31.1 Å². The first kappa shape index (κ1) is 16.3. The molecule has 0 amide bonds. The number of hydrogen-bond acceptors (Lipinski definition) is 5. The Morgan fingerprint density at radius 1 is 1.33 bits per heavy atom. The number of aromatic nitrogens is 4. The van der Waals surface area contributed by atoms with Crippen molar-refractivity contribution in [2.45, 2.75) is 33.2 Å². The van der Waals surface area contributed by atoms with E-state index < -0.39 is 5.97 Å². The fourth-order valence-electron chi connectivity index (χ4n) is 2.56. The van der Waals surface area contributed by atoms with Crippen molar-refractivity contribution in [1.82, 2.24) is 20.0 Å². The number of hydrogen-bond donors (Lipinski definition) is 1. The fourth-order valence-corrected chi connectivity index (χ4v) is 3.66. The van der Waals surface area contributed by atoms with Crippen LogP contribution in [0, 0.1) is 13.8 Å². The Balaban J connectivity index is 1.99. The molecular weight excluding hydrogens is 324 g/mol. The molecule has 1 N–H and O–H groups in total. The lowest BCUT2D eigenvalue weighted by molar-refractivity contribution is 0.0697. The number of aromatic carboxylic acids is 1. The molecule has 1 aromatic carbocycles. The summed E-state index contributed by atoms with van der Waals surface area (Å²) in [5.41, 5.74) is 2.37. The second kappa shape index (κ2) is 6.52. The molecule has 3 aromatic rings. The molecule has 0 radical (unpaired) electrons. The van der Waals surface area contributed by atoms with Crippen LogP contribution < -0.4 is 0 Å². The van der Waals surface area contributed by atoms with Gasteiger partial charge < -0.3 is 5.11 Å². The maximum Gasteiger partial charge on any atom is 0.336 e. The van der Waals surface area contributed by atoms with Crippen molar-refractivity contribution in [3.8, 4) is 11.3 Å². The van der Waals surface area contributed by atoms with Gasteiger partial charge in [0.2, 0.25) is 0 Å². The Bertz CT molecular complexity index is 865. The largest absolute Gasteiger partial charge is 0.478 e. The number of rotatable bonds is 5. The first-order valence-corrected chi connectivity index (χ1v) is 8.51. The summed E-state index contributed by atoms with van der Waals surface area (Å²) in [6.07, 6.45) is 2.62. The molecule has 0 spiro atoms.